The highest BCUT2D eigenvalue weighted by molar-refractivity contribution is 7.60. The number of fused-ring (bicyclic) bond motifs is 20. The van der Waals surface area contributed by atoms with Gasteiger partial charge in [-0.25, -0.2) is 19.9 Å². The highest BCUT2D eigenvalue weighted by atomic mass is 31.2. The van der Waals surface area contributed by atoms with Crippen molar-refractivity contribution in [2.75, 3.05) is 57.4 Å². The first kappa shape index (κ1) is 108. The second kappa shape index (κ2) is 45.8. The molecule has 16 bridgehead atoms. The minimum absolute atomic E-state index is 0.0557. The monoisotopic (exact) mass is 2110 g/mol. The van der Waals surface area contributed by atoms with Crippen molar-refractivity contribution in [2.24, 2.45) is 71.0 Å². The van der Waals surface area contributed by atoms with Crippen molar-refractivity contribution < 1.29 is 42.0 Å². The topological polar surface area (TPSA) is 312 Å². The quantitative estimate of drug-likeness (QED) is 0.0432. The summed E-state index contributed by atoms with van der Waals surface area (Å²) in [5.41, 5.74) is 7.32. The molecular formula is C119H171N13O13P4. The van der Waals surface area contributed by atoms with Crippen molar-refractivity contribution in [2.45, 2.75) is 401 Å². The van der Waals surface area contributed by atoms with E-state index in [9.17, 15) is 52.1 Å². The summed E-state index contributed by atoms with van der Waals surface area (Å²) < 4.78 is 67.6. The van der Waals surface area contributed by atoms with E-state index in [4.69, 9.17) is 9.05 Å². The van der Waals surface area contributed by atoms with E-state index in [-0.39, 0.29) is 90.6 Å². The molecule has 30 heteroatoms. The summed E-state index contributed by atoms with van der Waals surface area (Å²) in [5, 5.41) is 3.09. The number of hydrogen-bond acceptors (Lipinski definition) is 19. The fourth-order valence-corrected chi connectivity index (χ4v) is 37.4. The molecule has 8 aliphatic heterocycles. The Morgan fingerprint density at radius 2 is 0.591 bits per heavy atom. The van der Waals surface area contributed by atoms with Gasteiger partial charge in [0.05, 0.1) is 57.3 Å². The molecule has 31 atom stereocenters. The zero-order valence-corrected chi connectivity index (χ0v) is 93.9. The molecule has 8 saturated carbocycles. The van der Waals surface area contributed by atoms with Crippen LogP contribution in [0.25, 0.3) is 56.3 Å². The first-order valence-corrected chi connectivity index (χ1v) is 67.0. The lowest BCUT2D eigenvalue weighted by molar-refractivity contribution is -0.0526. The Labute approximate surface area is 883 Å². The van der Waals surface area contributed by atoms with E-state index in [0.29, 0.717) is 77.6 Å². The van der Waals surface area contributed by atoms with E-state index in [2.05, 4.69) is 72.5 Å². The van der Waals surface area contributed by atoms with Crippen molar-refractivity contribution in [1.29, 1.82) is 0 Å². The largest absolute Gasteiger partial charge is 0.365 e. The third-order valence-corrected chi connectivity index (χ3v) is 43.5. The summed E-state index contributed by atoms with van der Waals surface area (Å²) in [6.07, 6.45) is 54.7. The maximum absolute atomic E-state index is 14.0. The molecule has 4 aromatic heterocycles. The zero-order chi connectivity index (χ0) is 104. The minimum atomic E-state index is -3.44. The van der Waals surface area contributed by atoms with Crippen LogP contribution in [0.3, 0.4) is 0 Å². The summed E-state index contributed by atoms with van der Waals surface area (Å²) in [4.78, 5) is 115. The normalized spacial score (nSPS) is 35.4. The highest BCUT2D eigenvalue weighted by Gasteiger charge is 2.53. The number of aryl methyl sites for hydroxylation is 1. The van der Waals surface area contributed by atoms with Crippen molar-refractivity contribution in [3.05, 3.63) is 167 Å². The smallest absolute Gasteiger partial charge is 0.354 e. The lowest BCUT2D eigenvalue weighted by Gasteiger charge is -2.55. The fraction of sp³-hybridized carbons (Fsp3) is 0.697. The lowest BCUT2D eigenvalue weighted by Crippen LogP contribution is -2.59. The Balaban J connectivity index is 0.000000116. The van der Waals surface area contributed by atoms with Gasteiger partial charge in [-0.15, -0.1) is 0 Å². The molecule has 8 aliphatic carbocycles. The molecule has 8 saturated heterocycles. The summed E-state index contributed by atoms with van der Waals surface area (Å²) in [7, 11) is -13.2. The van der Waals surface area contributed by atoms with Gasteiger partial charge in [-0.05, 0) is 377 Å². The lowest BCUT2D eigenvalue weighted by atomic mass is 9.65. The van der Waals surface area contributed by atoms with Gasteiger partial charge >= 0.3 is 7.60 Å². The van der Waals surface area contributed by atoms with Crippen LogP contribution in [0.2, 0.25) is 0 Å². The Morgan fingerprint density at radius 3 is 0.879 bits per heavy atom. The van der Waals surface area contributed by atoms with E-state index in [1.54, 1.807) is 19.9 Å². The van der Waals surface area contributed by atoms with E-state index >= 15 is 0 Å². The van der Waals surface area contributed by atoms with Gasteiger partial charge in [0.1, 0.15) is 17.1 Å². The molecule has 0 amide bonds. The summed E-state index contributed by atoms with van der Waals surface area (Å²) in [6.45, 7) is 18.1. The number of piperidine rings is 8. The number of anilines is 1. The van der Waals surface area contributed by atoms with Crippen LogP contribution in [0.4, 0.5) is 5.82 Å². The standard InChI is InChI=1S/C32H46N3O4P.C29H43N4O3P.C29H42N3O3P.C29H40N3O3P/c1-4-38-40(37,39-5-2)14-13-30-32(36)35(31-12-7-6-11-29(31)33-30)28-20-25-9-8-10-26(21-28)34(25)27-18-23-15-22(3)16-24(17-23)19-27;1-19-12-20-14-21(13-19)16-24(15-20)32-22-6-5-7-23(32)18-25(17-22)33-27-9-4-3-8-26(27)31-28(29(33)34)30-10-11-37(2,35)36;2*1-19-12-20-14-21(13-19)16-24(15-20)31-22-6-5-7-23(31)18-25(17-22)32-28-9-4-3-8-26(28)30-27(29(32)33)10-11-36(2,34)35/h6-7,11-14,22-28H,4-5,8-10,15-21H2,1-3H3;3-4,8-9,19-25H,5-7,10-18H2,1-2H3,(H,30,31)(H,35,36);3-4,8-9,19-25H,5-7,10-18H2,1-2H3,(H,34,35);3-4,8-11,19-25H,5-7,12-18H2,1-2H3,(H,34,35)/b14-13+;;;11-10+/t22?,23-,24+,25-,26+,27?,28?;3*19?,20-,21+,22-,23+,24?,25?. The van der Waals surface area contributed by atoms with Crippen LogP contribution in [0.1, 0.15) is 340 Å². The molecule has 8 aromatic rings. The van der Waals surface area contributed by atoms with Gasteiger partial charge < -0.3 is 47.3 Å². The molecule has 4 N–H and O–H groups in total. The van der Waals surface area contributed by atoms with E-state index in [0.717, 1.165) is 179 Å². The van der Waals surface area contributed by atoms with Crippen molar-refractivity contribution in [1.82, 2.24) is 57.8 Å². The van der Waals surface area contributed by atoms with Crippen LogP contribution in [0, 0.1) is 71.0 Å². The van der Waals surface area contributed by atoms with E-state index < -0.39 is 29.7 Å². The van der Waals surface area contributed by atoms with Crippen molar-refractivity contribution >= 4 is 91.8 Å². The zero-order valence-electron chi connectivity index (χ0n) is 90.3. The molecule has 24 rings (SSSR count). The molecule has 12 heterocycles. The first-order chi connectivity index (χ1) is 71.6. The number of nitrogens with zero attached hydrogens (tertiary/aromatic N) is 12. The first-order valence-electron chi connectivity index (χ1n) is 58.7. The van der Waals surface area contributed by atoms with Gasteiger partial charge in [0.2, 0.25) is 7.37 Å². The molecule has 4 aromatic carbocycles. The van der Waals surface area contributed by atoms with Gasteiger partial charge in [0.15, 0.2) is 20.6 Å². The van der Waals surface area contributed by atoms with Gasteiger partial charge in [-0.3, -0.25) is 57.0 Å². The van der Waals surface area contributed by atoms with E-state index in [1.165, 1.54) is 243 Å². The average molecular weight is 2120 g/mol. The van der Waals surface area contributed by atoms with Gasteiger partial charge in [0.25, 0.3) is 22.2 Å². The Morgan fingerprint density at radius 1 is 0.322 bits per heavy atom. The van der Waals surface area contributed by atoms with Crippen LogP contribution in [-0.2, 0) is 33.7 Å². The molecule has 16 fully saturated rings. The van der Waals surface area contributed by atoms with E-state index in [1.807, 2.05) is 115 Å². The summed E-state index contributed by atoms with van der Waals surface area (Å²) in [5.74, 6) is 13.7. The second-order valence-electron chi connectivity index (χ2n) is 50.8. The van der Waals surface area contributed by atoms with Gasteiger partial charge in [0, 0.05) is 154 Å². The van der Waals surface area contributed by atoms with Crippen molar-refractivity contribution in [3.8, 4) is 0 Å². The Bertz CT molecular complexity index is 6490. The highest BCUT2D eigenvalue weighted by Crippen LogP contribution is 2.57. The van der Waals surface area contributed by atoms with Crippen molar-refractivity contribution in [3.63, 3.8) is 0 Å². The Kier molecular flexibility index (Phi) is 33.2. The van der Waals surface area contributed by atoms with Crippen LogP contribution in [0.15, 0.2) is 128 Å². The molecule has 0 spiro atoms. The molecule has 26 nitrogen and oxygen atoms in total. The fourth-order valence-electron chi connectivity index (χ4n) is 34.6. The van der Waals surface area contributed by atoms with Gasteiger partial charge in [-0.1, -0.05) is 102 Å². The Hall–Kier alpha value is -6.72. The molecule has 810 valence electrons. The van der Waals surface area contributed by atoms with Crippen LogP contribution < -0.4 is 27.6 Å². The maximum atomic E-state index is 14.0. The molecule has 149 heavy (non-hydrogen) atoms. The summed E-state index contributed by atoms with van der Waals surface area (Å²) >= 11 is 0. The maximum Gasteiger partial charge on any atom is 0.354 e. The molecular weight excluding hydrogens is 1940 g/mol. The number of benzene rings is 4. The number of hydrogen-bond donors (Lipinski definition) is 4. The third-order valence-electron chi connectivity index (χ3n) is 39.0. The summed E-state index contributed by atoms with van der Waals surface area (Å²) in [6, 6.07) is 39.5. The predicted octanol–water partition coefficient (Wildman–Crippen LogP) is 24.5. The third kappa shape index (κ3) is 24.5. The molecule has 16 aliphatic rings. The average Bonchev–Trinajstić information content (AvgIpc) is 0.756. The number of nitrogens with one attached hydrogen (secondary N) is 1. The number of aromatic nitrogens is 8. The predicted molar refractivity (Wildman–Crippen MR) is 600 cm³/mol. The van der Waals surface area contributed by atoms with Crippen LogP contribution in [-0.4, -0.2) is 197 Å². The van der Waals surface area contributed by atoms with Crippen LogP contribution in [0.5, 0.6) is 0 Å². The number of rotatable bonds is 23. The van der Waals surface area contributed by atoms with Gasteiger partial charge in [-0.2, -0.15) is 0 Å². The minimum Gasteiger partial charge on any atom is -0.365 e. The SMILES string of the molecule is CC1C[C@@H]2CC(N3[C@@H]4CCC[C@H]3CC(n3c(=O)c(/C=C/P(C)(=O)O)nc5ccccc53)C4)C[C@H](C1)C2.CC1C[C@@H]2CC(N3[C@@H]4CCC[C@H]3CC(n3c(=O)c(CCP(C)(=O)O)nc5ccccc53)C4)C[C@H](C1)C2.CC1C[C@@H]2CC(N3[C@@H]4CCC[C@H]3CC(n3c(=O)c(NCCP(C)(=O)O)nc5ccccc53)C4)C[C@H](C1)C2.CCOP(=O)(/C=C/c1nc2ccccc2n(C2C[C@H]3CCC[C@@H](C2)N3C2C[C@H]3CC(C)C[C@@H](C2)C3)c1=O)OCC. The molecule has 0 radical (unpaired) electrons. The second-order valence-corrected chi connectivity index (χ2v) is 59.9. The molecule has 15 unspecified atom stereocenters. The van der Waals surface area contributed by atoms with Crippen LogP contribution >= 0.6 is 29.7 Å². The number of para-hydroxylation sites is 8.